The van der Waals surface area contributed by atoms with Crippen molar-refractivity contribution in [1.29, 1.82) is 0 Å². The molecule has 0 aliphatic carbocycles. The first kappa shape index (κ1) is 15.9. The van der Waals surface area contributed by atoms with Crippen LogP contribution in [0.5, 0.6) is 0 Å². The Morgan fingerprint density at radius 3 is 2.58 bits per heavy atom. The van der Waals surface area contributed by atoms with Gasteiger partial charge in [0, 0.05) is 13.1 Å². The molecule has 0 unspecified atom stereocenters. The predicted octanol–water partition coefficient (Wildman–Crippen LogP) is 0.468. The number of carboxylic acids is 1. The number of carbonyl (C=O) groups is 2. The van der Waals surface area contributed by atoms with Crippen molar-refractivity contribution in [2.24, 2.45) is 0 Å². The van der Waals surface area contributed by atoms with Gasteiger partial charge in [0.1, 0.15) is 0 Å². The normalized spacial score (nSPS) is 16.3. The van der Waals surface area contributed by atoms with E-state index in [0.717, 1.165) is 25.9 Å². The third-order valence-corrected chi connectivity index (χ3v) is 3.29. The number of carbonyl (C=O) groups excluding carboxylic acids is 1. The van der Waals surface area contributed by atoms with E-state index in [1.165, 1.54) is 0 Å². The Hall–Kier alpha value is -1.14. The molecule has 0 aromatic rings. The van der Waals surface area contributed by atoms with E-state index in [-0.39, 0.29) is 25.0 Å². The molecule has 0 aromatic heterocycles. The summed E-state index contributed by atoms with van der Waals surface area (Å²) in [5.41, 5.74) is 0. The van der Waals surface area contributed by atoms with Crippen LogP contribution in [0.25, 0.3) is 0 Å². The minimum Gasteiger partial charge on any atom is -0.481 e. The lowest BCUT2D eigenvalue weighted by Gasteiger charge is -2.24. The van der Waals surface area contributed by atoms with Gasteiger partial charge in [0.2, 0.25) is 5.91 Å². The maximum atomic E-state index is 11.9. The van der Waals surface area contributed by atoms with Crippen LogP contribution in [0.3, 0.4) is 0 Å². The molecule has 0 bridgehead atoms. The SMILES string of the molecule is CCN(CCC(=O)O)C(=O)CCOC1CCNCC1. The molecule has 1 heterocycles. The molecule has 1 aliphatic rings. The fourth-order valence-corrected chi connectivity index (χ4v) is 2.12. The molecule has 1 aliphatic heterocycles. The molecule has 0 atom stereocenters. The fraction of sp³-hybridized carbons (Fsp3) is 0.846. The van der Waals surface area contributed by atoms with E-state index in [0.29, 0.717) is 19.6 Å². The first-order chi connectivity index (χ1) is 9.13. The fourth-order valence-electron chi connectivity index (χ4n) is 2.12. The summed E-state index contributed by atoms with van der Waals surface area (Å²) in [5.74, 6) is -0.908. The molecule has 1 rings (SSSR count). The maximum Gasteiger partial charge on any atom is 0.305 e. The number of hydrogen-bond acceptors (Lipinski definition) is 4. The lowest BCUT2D eigenvalue weighted by molar-refractivity contribution is -0.138. The van der Waals surface area contributed by atoms with E-state index >= 15 is 0 Å². The topological polar surface area (TPSA) is 78.9 Å². The zero-order valence-corrected chi connectivity index (χ0v) is 11.6. The lowest BCUT2D eigenvalue weighted by atomic mass is 10.1. The first-order valence-electron chi connectivity index (χ1n) is 6.95. The molecule has 1 saturated heterocycles. The Kier molecular flexibility index (Phi) is 7.43. The van der Waals surface area contributed by atoms with Crippen molar-refractivity contribution in [3.05, 3.63) is 0 Å². The van der Waals surface area contributed by atoms with Crippen molar-refractivity contribution in [3.8, 4) is 0 Å². The quantitative estimate of drug-likeness (QED) is 0.671. The highest BCUT2D eigenvalue weighted by Gasteiger charge is 2.16. The molecule has 1 fully saturated rings. The van der Waals surface area contributed by atoms with Crippen LogP contribution in [0.15, 0.2) is 0 Å². The van der Waals surface area contributed by atoms with Crippen LogP contribution in [-0.4, -0.2) is 60.8 Å². The number of hydrogen-bond donors (Lipinski definition) is 2. The Labute approximate surface area is 114 Å². The molecule has 1 amide bonds. The van der Waals surface area contributed by atoms with E-state index < -0.39 is 5.97 Å². The van der Waals surface area contributed by atoms with Gasteiger partial charge in [-0.05, 0) is 32.9 Å². The molecule has 0 aromatic carbocycles. The molecular weight excluding hydrogens is 248 g/mol. The third-order valence-electron chi connectivity index (χ3n) is 3.29. The van der Waals surface area contributed by atoms with Gasteiger partial charge in [-0.1, -0.05) is 0 Å². The van der Waals surface area contributed by atoms with Gasteiger partial charge < -0.3 is 20.1 Å². The zero-order valence-electron chi connectivity index (χ0n) is 11.6. The van der Waals surface area contributed by atoms with E-state index in [1.807, 2.05) is 6.92 Å². The van der Waals surface area contributed by atoms with Crippen molar-refractivity contribution < 1.29 is 19.4 Å². The Bertz CT molecular complexity index is 290. The largest absolute Gasteiger partial charge is 0.481 e. The Balaban J connectivity index is 2.18. The molecule has 0 radical (unpaired) electrons. The van der Waals surface area contributed by atoms with Gasteiger partial charge in [-0.3, -0.25) is 9.59 Å². The van der Waals surface area contributed by atoms with Crippen LogP contribution < -0.4 is 5.32 Å². The van der Waals surface area contributed by atoms with Crippen molar-refractivity contribution in [1.82, 2.24) is 10.2 Å². The number of ether oxygens (including phenoxy) is 1. The number of piperidine rings is 1. The van der Waals surface area contributed by atoms with E-state index in [1.54, 1.807) is 4.90 Å². The average Bonchev–Trinajstić information content (AvgIpc) is 2.40. The molecule has 6 heteroatoms. The van der Waals surface area contributed by atoms with Crippen LogP contribution in [-0.2, 0) is 14.3 Å². The Morgan fingerprint density at radius 1 is 1.32 bits per heavy atom. The van der Waals surface area contributed by atoms with E-state index in [4.69, 9.17) is 9.84 Å². The van der Waals surface area contributed by atoms with Crippen LogP contribution in [0.4, 0.5) is 0 Å². The number of carboxylic acid groups (broad SMARTS) is 1. The summed E-state index contributed by atoms with van der Waals surface area (Å²) in [6, 6.07) is 0. The van der Waals surface area contributed by atoms with Crippen molar-refractivity contribution in [2.45, 2.75) is 38.7 Å². The van der Waals surface area contributed by atoms with Gasteiger partial charge in [-0.15, -0.1) is 0 Å². The highest BCUT2D eigenvalue weighted by molar-refractivity contribution is 5.77. The van der Waals surface area contributed by atoms with Gasteiger partial charge in [-0.2, -0.15) is 0 Å². The van der Waals surface area contributed by atoms with E-state index in [9.17, 15) is 9.59 Å². The maximum absolute atomic E-state index is 11.9. The second-order valence-corrected chi connectivity index (χ2v) is 4.69. The van der Waals surface area contributed by atoms with Gasteiger partial charge in [0.05, 0.1) is 25.6 Å². The summed E-state index contributed by atoms with van der Waals surface area (Å²) < 4.78 is 5.67. The minimum atomic E-state index is -0.878. The highest BCUT2D eigenvalue weighted by atomic mass is 16.5. The van der Waals surface area contributed by atoms with Gasteiger partial charge in [0.25, 0.3) is 0 Å². The van der Waals surface area contributed by atoms with Crippen LogP contribution >= 0.6 is 0 Å². The minimum absolute atomic E-state index is 0.00523. The smallest absolute Gasteiger partial charge is 0.305 e. The summed E-state index contributed by atoms with van der Waals surface area (Å²) in [6.07, 6.45) is 2.56. The Morgan fingerprint density at radius 2 is 2.00 bits per heavy atom. The first-order valence-corrected chi connectivity index (χ1v) is 6.95. The summed E-state index contributed by atoms with van der Waals surface area (Å²) in [4.78, 5) is 23.9. The summed E-state index contributed by atoms with van der Waals surface area (Å²) in [5, 5.41) is 11.9. The number of nitrogens with one attached hydrogen (secondary N) is 1. The molecule has 6 nitrogen and oxygen atoms in total. The molecule has 2 N–H and O–H groups in total. The van der Waals surface area contributed by atoms with Gasteiger partial charge in [0.15, 0.2) is 0 Å². The number of aliphatic carboxylic acids is 1. The predicted molar refractivity (Wildman–Crippen MR) is 71.0 cm³/mol. The van der Waals surface area contributed by atoms with Crippen LogP contribution in [0.1, 0.15) is 32.6 Å². The second-order valence-electron chi connectivity index (χ2n) is 4.69. The number of nitrogens with zero attached hydrogens (tertiary/aromatic N) is 1. The van der Waals surface area contributed by atoms with Crippen molar-refractivity contribution in [3.63, 3.8) is 0 Å². The summed E-state index contributed by atoms with van der Waals surface area (Å²) >= 11 is 0. The molecule has 19 heavy (non-hydrogen) atoms. The second kappa shape index (κ2) is 8.87. The standard InChI is InChI=1S/C13H24N2O4/c1-2-15(9-5-13(17)18)12(16)6-10-19-11-3-7-14-8-4-11/h11,14H,2-10H2,1H3,(H,17,18). The third kappa shape index (κ3) is 6.54. The summed E-state index contributed by atoms with van der Waals surface area (Å²) in [6.45, 7) is 5.04. The molecule has 0 saturated carbocycles. The number of rotatable bonds is 8. The average molecular weight is 272 g/mol. The lowest BCUT2D eigenvalue weighted by Crippen LogP contribution is -2.35. The molecular formula is C13H24N2O4. The van der Waals surface area contributed by atoms with Crippen molar-refractivity contribution >= 4 is 11.9 Å². The zero-order chi connectivity index (χ0) is 14.1. The van der Waals surface area contributed by atoms with Gasteiger partial charge in [-0.25, -0.2) is 0 Å². The van der Waals surface area contributed by atoms with Gasteiger partial charge >= 0.3 is 5.97 Å². The van der Waals surface area contributed by atoms with Crippen LogP contribution in [0, 0.1) is 0 Å². The highest BCUT2D eigenvalue weighted by Crippen LogP contribution is 2.08. The molecule has 0 spiro atoms. The number of amides is 1. The summed E-state index contributed by atoms with van der Waals surface area (Å²) in [7, 11) is 0. The van der Waals surface area contributed by atoms with Crippen LogP contribution in [0.2, 0.25) is 0 Å². The van der Waals surface area contributed by atoms with Crippen molar-refractivity contribution in [2.75, 3.05) is 32.8 Å². The monoisotopic (exact) mass is 272 g/mol. The van der Waals surface area contributed by atoms with E-state index in [2.05, 4.69) is 5.32 Å². The molecule has 110 valence electrons.